The highest BCUT2D eigenvalue weighted by molar-refractivity contribution is 5.89. The van der Waals surface area contributed by atoms with E-state index in [0.717, 1.165) is 5.69 Å². The van der Waals surface area contributed by atoms with E-state index in [1.54, 1.807) is 0 Å². The molecule has 0 aliphatic heterocycles. The molecule has 0 spiro atoms. The number of allylic oxidation sites excluding steroid dienone is 8. The average molecular weight is 343 g/mol. The largest absolute Gasteiger partial charge is 0.462 e. The van der Waals surface area contributed by atoms with Crippen LogP contribution in [0.4, 0.5) is 0 Å². The predicted molar refractivity (Wildman–Crippen MR) is 104 cm³/mol. The highest BCUT2D eigenvalue weighted by Crippen LogP contribution is 2.33. The summed E-state index contributed by atoms with van der Waals surface area (Å²) in [5.41, 5.74) is 4.08. The first-order valence-corrected chi connectivity index (χ1v) is 8.97. The van der Waals surface area contributed by atoms with Crippen LogP contribution < -0.4 is 0 Å². The Balaban J connectivity index is 1.76. The third-order valence-corrected chi connectivity index (χ3v) is 4.76. The van der Waals surface area contributed by atoms with E-state index in [-0.39, 0.29) is 17.8 Å². The van der Waals surface area contributed by atoms with Gasteiger partial charge in [-0.1, -0.05) is 48.6 Å². The van der Waals surface area contributed by atoms with E-state index >= 15 is 0 Å². The molecule has 0 amide bonds. The number of carbonyl (C=O) groups excluding carboxylic acids is 1. The lowest BCUT2D eigenvalue weighted by atomic mass is 10.1. The van der Waals surface area contributed by atoms with Gasteiger partial charge in [0.2, 0.25) is 0 Å². The SMILES string of the molecule is CCOC(=O)c1ccc(-n2c(C3C=CC=C3)ccc2C2C=CC=C2)cc1. The van der Waals surface area contributed by atoms with Gasteiger partial charge in [0.25, 0.3) is 0 Å². The fourth-order valence-electron chi connectivity index (χ4n) is 3.51. The maximum absolute atomic E-state index is 11.9. The van der Waals surface area contributed by atoms with Crippen molar-refractivity contribution in [1.29, 1.82) is 0 Å². The van der Waals surface area contributed by atoms with Gasteiger partial charge in [-0.2, -0.15) is 0 Å². The van der Waals surface area contributed by atoms with Gasteiger partial charge in [-0.15, -0.1) is 0 Å². The number of hydrogen-bond donors (Lipinski definition) is 0. The van der Waals surface area contributed by atoms with Crippen molar-refractivity contribution in [3.8, 4) is 5.69 Å². The van der Waals surface area contributed by atoms with Crippen molar-refractivity contribution in [2.24, 2.45) is 0 Å². The lowest BCUT2D eigenvalue weighted by molar-refractivity contribution is 0.0526. The Hall–Kier alpha value is -3.07. The molecule has 1 aromatic heterocycles. The van der Waals surface area contributed by atoms with Crippen molar-refractivity contribution in [2.45, 2.75) is 18.8 Å². The molecular formula is C23H21NO2. The van der Waals surface area contributed by atoms with Gasteiger partial charge >= 0.3 is 5.97 Å². The number of nitrogens with zero attached hydrogens (tertiary/aromatic N) is 1. The topological polar surface area (TPSA) is 31.2 Å². The van der Waals surface area contributed by atoms with Crippen LogP contribution in [0.3, 0.4) is 0 Å². The number of benzene rings is 1. The third kappa shape index (κ3) is 2.97. The van der Waals surface area contributed by atoms with Crippen molar-refractivity contribution >= 4 is 5.97 Å². The second kappa shape index (κ2) is 7.04. The first-order chi connectivity index (χ1) is 12.8. The first kappa shape index (κ1) is 16.4. The van der Waals surface area contributed by atoms with Gasteiger partial charge in [0.1, 0.15) is 0 Å². The molecule has 3 nitrogen and oxygen atoms in total. The van der Waals surface area contributed by atoms with Crippen LogP contribution in [0.2, 0.25) is 0 Å². The fraction of sp³-hybridized carbons (Fsp3) is 0.174. The van der Waals surface area contributed by atoms with E-state index in [0.29, 0.717) is 12.2 Å². The lowest BCUT2D eigenvalue weighted by Gasteiger charge is -2.18. The minimum Gasteiger partial charge on any atom is -0.462 e. The summed E-state index contributed by atoms with van der Waals surface area (Å²) in [6.45, 7) is 2.20. The molecule has 0 radical (unpaired) electrons. The molecule has 0 unspecified atom stereocenters. The summed E-state index contributed by atoms with van der Waals surface area (Å²) >= 11 is 0. The zero-order valence-corrected chi connectivity index (χ0v) is 14.7. The summed E-state index contributed by atoms with van der Waals surface area (Å²) in [6.07, 6.45) is 17.1. The Labute approximate surface area is 153 Å². The second-order valence-electron chi connectivity index (χ2n) is 6.38. The van der Waals surface area contributed by atoms with Crippen LogP contribution in [-0.4, -0.2) is 17.1 Å². The van der Waals surface area contributed by atoms with Crippen LogP contribution in [0.25, 0.3) is 5.69 Å². The van der Waals surface area contributed by atoms with E-state index < -0.39 is 0 Å². The highest BCUT2D eigenvalue weighted by Gasteiger charge is 2.20. The minimum absolute atomic E-state index is 0.267. The van der Waals surface area contributed by atoms with E-state index in [1.807, 2.05) is 31.2 Å². The van der Waals surface area contributed by atoms with E-state index in [2.05, 4.69) is 65.3 Å². The zero-order valence-electron chi connectivity index (χ0n) is 14.7. The Bertz CT molecular complexity index is 856. The smallest absolute Gasteiger partial charge is 0.338 e. The van der Waals surface area contributed by atoms with Gasteiger partial charge in [-0.05, 0) is 43.3 Å². The molecule has 0 atom stereocenters. The van der Waals surface area contributed by atoms with Crippen LogP contribution in [0, 0.1) is 0 Å². The molecular weight excluding hydrogens is 322 g/mol. The third-order valence-electron chi connectivity index (χ3n) is 4.76. The molecule has 4 rings (SSSR count). The Morgan fingerprint density at radius 3 is 1.81 bits per heavy atom. The lowest BCUT2D eigenvalue weighted by Crippen LogP contribution is -2.09. The molecule has 2 aromatic rings. The molecule has 0 bridgehead atoms. The molecule has 26 heavy (non-hydrogen) atoms. The standard InChI is InChI=1S/C23H21NO2/c1-2-26-23(25)19-11-13-20(14-12-19)24-21(17-7-3-4-8-17)15-16-22(24)18-9-5-6-10-18/h3-18H,2H2,1H3. The van der Waals surface area contributed by atoms with Crippen LogP contribution in [0.1, 0.15) is 40.5 Å². The van der Waals surface area contributed by atoms with Crippen molar-refractivity contribution in [2.75, 3.05) is 6.61 Å². The Morgan fingerprint density at radius 1 is 0.846 bits per heavy atom. The first-order valence-electron chi connectivity index (χ1n) is 8.97. The van der Waals surface area contributed by atoms with Crippen LogP contribution in [0.5, 0.6) is 0 Å². The monoisotopic (exact) mass is 343 g/mol. The maximum Gasteiger partial charge on any atom is 0.338 e. The Morgan fingerprint density at radius 2 is 1.35 bits per heavy atom. The zero-order chi connectivity index (χ0) is 17.9. The van der Waals surface area contributed by atoms with Gasteiger partial charge in [0, 0.05) is 28.9 Å². The molecule has 0 fully saturated rings. The van der Waals surface area contributed by atoms with Gasteiger partial charge in [-0.25, -0.2) is 4.79 Å². The molecule has 3 heteroatoms. The van der Waals surface area contributed by atoms with Crippen LogP contribution >= 0.6 is 0 Å². The average Bonchev–Trinajstić information content (AvgIpc) is 3.41. The number of hydrogen-bond acceptors (Lipinski definition) is 2. The summed E-state index contributed by atoms with van der Waals surface area (Å²) in [7, 11) is 0. The van der Waals surface area contributed by atoms with Gasteiger partial charge < -0.3 is 9.30 Å². The molecule has 1 aromatic carbocycles. The van der Waals surface area contributed by atoms with E-state index in [1.165, 1.54) is 11.4 Å². The molecule has 2 aliphatic rings. The summed E-state index contributed by atoms with van der Waals surface area (Å²) in [4.78, 5) is 11.9. The van der Waals surface area contributed by atoms with Crippen molar-refractivity contribution < 1.29 is 9.53 Å². The summed E-state index contributed by atoms with van der Waals surface area (Å²) in [5, 5.41) is 0. The van der Waals surface area contributed by atoms with Gasteiger partial charge in [-0.3, -0.25) is 0 Å². The number of carbonyl (C=O) groups is 1. The number of rotatable bonds is 5. The van der Waals surface area contributed by atoms with Crippen molar-refractivity contribution in [1.82, 2.24) is 4.57 Å². The quantitative estimate of drug-likeness (QED) is 0.710. The molecule has 130 valence electrons. The molecule has 1 heterocycles. The molecule has 0 saturated carbocycles. The fourth-order valence-corrected chi connectivity index (χ4v) is 3.51. The normalized spacial score (nSPS) is 16.0. The predicted octanol–water partition coefficient (Wildman–Crippen LogP) is 5.07. The molecule has 0 saturated heterocycles. The summed E-state index contributed by atoms with van der Waals surface area (Å²) in [6, 6.07) is 12.0. The number of esters is 1. The van der Waals surface area contributed by atoms with Crippen LogP contribution in [-0.2, 0) is 4.74 Å². The number of aromatic nitrogens is 1. The maximum atomic E-state index is 11.9. The van der Waals surface area contributed by atoms with E-state index in [9.17, 15) is 4.79 Å². The highest BCUT2D eigenvalue weighted by atomic mass is 16.5. The van der Waals surface area contributed by atoms with Crippen molar-refractivity contribution in [3.05, 3.63) is 102 Å². The molecule has 0 N–H and O–H groups in total. The minimum atomic E-state index is -0.282. The summed E-state index contributed by atoms with van der Waals surface area (Å²) < 4.78 is 7.38. The van der Waals surface area contributed by atoms with Gasteiger partial charge in [0.15, 0.2) is 0 Å². The van der Waals surface area contributed by atoms with E-state index in [4.69, 9.17) is 4.74 Å². The Kier molecular flexibility index (Phi) is 4.44. The second-order valence-corrected chi connectivity index (χ2v) is 6.38. The molecule has 2 aliphatic carbocycles. The van der Waals surface area contributed by atoms with Crippen LogP contribution in [0.15, 0.2) is 85.0 Å². The number of ether oxygens (including phenoxy) is 1. The summed E-state index contributed by atoms with van der Waals surface area (Å²) in [5.74, 6) is 0.251. The van der Waals surface area contributed by atoms with Crippen molar-refractivity contribution in [3.63, 3.8) is 0 Å². The van der Waals surface area contributed by atoms with Gasteiger partial charge in [0.05, 0.1) is 12.2 Å².